The minimum atomic E-state index is -2.53. The first-order chi connectivity index (χ1) is 5.11. The Morgan fingerprint density at radius 2 is 2.00 bits per heavy atom. The van der Waals surface area contributed by atoms with Crippen molar-refractivity contribution in [3.63, 3.8) is 0 Å². The molecular formula is C7H5BrF2O. The fourth-order valence-electron chi connectivity index (χ4n) is 0.665. The third-order valence-electron chi connectivity index (χ3n) is 1.22. The van der Waals surface area contributed by atoms with Crippen LogP contribution in [0.15, 0.2) is 22.7 Å². The molecule has 0 aromatic heterocycles. The molecule has 1 aromatic carbocycles. The normalized spacial score (nSPS) is 10.5. The van der Waals surface area contributed by atoms with Crippen molar-refractivity contribution in [3.8, 4) is 5.75 Å². The first kappa shape index (κ1) is 8.46. The number of hydrogen-bond donors (Lipinski definition) is 1. The summed E-state index contributed by atoms with van der Waals surface area (Å²) in [6.45, 7) is 0. The van der Waals surface area contributed by atoms with Gasteiger partial charge in [0.05, 0.1) is 4.47 Å². The van der Waals surface area contributed by atoms with E-state index < -0.39 is 6.43 Å². The molecule has 0 bridgehead atoms. The third-order valence-corrected chi connectivity index (χ3v) is 1.89. The molecule has 0 unspecified atom stereocenters. The Hall–Kier alpha value is -0.640. The minimum Gasteiger partial charge on any atom is -0.507 e. The van der Waals surface area contributed by atoms with Crippen molar-refractivity contribution in [2.75, 3.05) is 0 Å². The molecule has 1 N–H and O–H groups in total. The maximum atomic E-state index is 12.0. The van der Waals surface area contributed by atoms with Crippen molar-refractivity contribution in [2.24, 2.45) is 0 Å². The zero-order valence-corrected chi connectivity index (χ0v) is 6.98. The summed E-state index contributed by atoms with van der Waals surface area (Å²) < 4.78 is 24.3. The topological polar surface area (TPSA) is 20.2 Å². The average Bonchev–Trinajstić information content (AvgIpc) is 1.94. The maximum Gasteiger partial charge on any atom is 0.263 e. The van der Waals surface area contributed by atoms with Gasteiger partial charge in [-0.3, -0.25) is 0 Å². The lowest BCUT2D eigenvalue weighted by Gasteiger charge is -2.00. The van der Waals surface area contributed by atoms with Crippen molar-refractivity contribution >= 4 is 15.9 Å². The van der Waals surface area contributed by atoms with Crippen molar-refractivity contribution in [1.29, 1.82) is 0 Å². The molecule has 0 aliphatic rings. The summed E-state index contributed by atoms with van der Waals surface area (Å²) in [6, 6.07) is 3.68. The van der Waals surface area contributed by atoms with Gasteiger partial charge in [-0.1, -0.05) is 6.07 Å². The Morgan fingerprint density at radius 1 is 1.36 bits per heavy atom. The number of aromatic hydroxyl groups is 1. The monoisotopic (exact) mass is 222 g/mol. The Balaban J connectivity index is 3.05. The van der Waals surface area contributed by atoms with Crippen LogP contribution in [0.2, 0.25) is 0 Å². The van der Waals surface area contributed by atoms with Gasteiger partial charge in [-0.25, -0.2) is 8.78 Å². The van der Waals surface area contributed by atoms with E-state index in [1.165, 1.54) is 12.1 Å². The van der Waals surface area contributed by atoms with Crippen molar-refractivity contribution in [3.05, 3.63) is 28.2 Å². The van der Waals surface area contributed by atoms with Crippen molar-refractivity contribution < 1.29 is 13.9 Å². The number of halogens is 3. The van der Waals surface area contributed by atoms with E-state index in [0.717, 1.165) is 6.07 Å². The van der Waals surface area contributed by atoms with Gasteiger partial charge < -0.3 is 5.11 Å². The second-order valence-electron chi connectivity index (χ2n) is 2.01. The molecule has 1 rings (SSSR count). The first-order valence-corrected chi connectivity index (χ1v) is 3.67. The molecular weight excluding hydrogens is 218 g/mol. The van der Waals surface area contributed by atoms with E-state index in [1.54, 1.807) is 0 Å². The van der Waals surface area contributed by atoms with Gasteiger partial charge in [-0.15, -0.1) is 0 Å². The predicted molar refractivity (Wildman–Crippen MR) is 40.8 cm³/mol. The van der Waals surface area contributed by atoms with Crippen LogP contribution in [-0.2, 0) is 0 Å². The Bertz CT molecular complexity index is 263. The van der Waals surface area contributed by atoms with Crippen molar-refractivity contribution in [1.82, 2.24) is 0 Å². The van der Waals surface area contributed by atoms with Crippen molar-refractivity contribution in [2.45, 2.75) is 6.43 Å². The molecule has 4 heteroatoms. The molecule has 60 valence electrons. The molecule has 1 aromatic rings. The number of benzene rings is 1. The molecule has 0 heterocycles. The molecule has 11 heavy (non-hydrogen) atoms. The number of phenols is 1. The zero-order chi connectivity index (χ0) is 8.43. The van der Waals surface area contributed by atoms with Gasteiger partial charge in [0.1, 0.15) is 5.75 Å². The Kier molecular flexibility index (Phi) is 2.44. The van der Waals surface area contributed by atoms with E-state index >= 15 is 0 Å². The lowest BCUT2D eigenvalue weighted by molar-refractivity contribution is 0.151. The van der Waals surface area contributed by atoms with Gasteiger partial charge in [0, 0.05) is 5.56 Å². The molecule has 0 amide bonds. The van der Waals surface area contributed by atoms with Gasteiger partial charge in [-0.2, -0.15) is 0 Å². The van der Waals surface area contributed by atoms with Gasteiger partial charge in [0.15, 0.2) is 0 Å². The highest BCUT2D eigenvalue weighted by molar-refractivity contribution is 9.10. The van der Waals surface area contributed by atoms with Crippen LogP contribution in [0.25, 0.3) is 0 Å². The summed E-state index contributed by atoms with van der Waals surface area (Å²) in [5.74, 6) is -0.164. The van der Waals surface area contributed by atoms with Gasteiger partial charge in [-0.05, 0) is 28.1 Å². The average molecular weight is 223 g/mol. The summed E-state index contributed by atoms with van der Waals surface area (Å²) >= 11 is 2.98. The lowest BCUT2D eigenvalue weighted by Crippen LogP contribution is -1.82. The smallest absolute Gasteiger partial charge is 0.263 e. The standard InChI is InChI=1S/C7H5BrF2O/c8-5-2-1-4(7(9)10)3-6(5)11/h1-3,7,11H. The van der Waals surface area contributed by atoms with E-state index in [-0.39, 0.29) is 11.3 Å². The lowest BCUT2D eigenvalue weighted by atomic mass is 10.2. The number of phenolic OH excluding ortho intramolecular Hbond substituents is 1. The second kappa shape index (κ2) is 3.17. The van der Waals surface area contributed by atoms with E-state index in [0.29, 0.717) is 4.47 Å². The summed E-state index contributed by atoms with van der Waals surface area (Å²) in [5.41, 5.74) is -0.175. The molecule has 0 aliphatic carbocycles. The second-order valence-corrected chi connectivity index (χ2v) is 2.87. The highest BCUT2D eigenvalue weighted by atomic mass is 79.9. The molecule has 0 radical (unpaired) electrons. The van der Waals surface area contributed by atoms with Gasteiger partial charge in [0.2, 0.25) is 0 Å². The summed E-state index contributed by atoms with van der Waals surface area (Å²) in [5, 5.41) is 8.97. The molecule has 1 nitrogen and oxygen atoms in total. The fraction of sp³-hybridized carbons (Fsp3) is 0.143. The Morgan fingerprint density at radius 3 is 2.45 bits per heavy atom. The van der Waals surface area contributed by atoms with Crippen LogP contribution >= 0.6 is 15.9 Å². The van der Waals surface area contributed by atoms with Crippen LogP contribution in [0.3, 0.4) is 0 Å². The maximum absolute atomic E-state index is 12.0. The van der Waals surface area contributed by atoms with E-state index in [2.05, 4.69) is 15.9 Å². The molecule has 0 spiro atoms. The first-order valence-electron chi connectivity index (χ1n) is 2.88. The minimum absolute atomic E-state index is 0.164. The summed E-state index contributed by atoms with van der Waals surface area (Å²) in [7, 11) is 0. The van der Waals surface area contributed by atoms with Crippen LogP contribution < -0.4 is 0 Å². The van der Waals surface area contributed by atoms with Crippen LogP contribution in [-0.4, -0.2) is 5.11 Å². The molecule has 0 saturated carbocycles. The van der Waals surface area contributed by atoms with Crippen LogP contribution in [0.4, 0.5) is 8.78 Å². The summed E-state index contributed by atoms with van der Waals surface area (Å²) in [6.07, 6.45) is -2.53. The Labute approximate surface area is 70.8 Å². The quantitative estimate of drug-likeness (QED) is 0.775. The predicted octanol–water partition coefficient (Wildman–Crippen LogP) is 3.09. The highest BCUT2D eigenvalue weighted by Crippen LogP contribution is 2.28. The molecule has 0 saturated heterocycles. The van der Waals surface area contributed by atoms with E-state index in [4.69, 9.17) is 5.11 Å². The molecule has 0 fully saturated rings. The number of alkyl halides is 2. The molecule has 0 atom stereocenters. The van der Waals surface area contributed by atoms with E-state index in [9.17, 15) is 8.78 Å². The van der Waals surface area contributed by atoms with Gasteiger partial charge >= 0.3 is 0 Å². The third kappa shape index (κ3) is 1.89. The van der Waals surface area contributed by atoms with Crippen LogP contribution in [0.5, 0.6) is 5.75 Å². The summed E-state index contributed by atoms with van der Waals surface area (Å²) in [4.78, 5) is 0. The van der Waals surface area contributed by atoms with Crippen LogP contribution in [0, 0.1) is 0 Å². The largest absolute Gasteiger partial charge is 0.507 e. The SMILES string of the molecule is Oc1cc(C(F)F)ccc1Br. The number of hydrogen-bond acceptors (Lipinski definition) is 1. The van der Waals surface area contributed by atoms with Crippen LogP contribution in [0.1, 0.15) is 12.0 Å². The zero-order valence-electron chi connectivity index (χ0n) is 5.39. The number of rotatable bonds is 1. The highest BCUT2D eigenvalue weighted by Gasteiger charge is 2.08. The van der Waals surface area contributed by atoms with Gasteiger partial charge in [0.25, 0.3) is 6.43 Å². The van der Waals surface area contributed by atoms with E-state index in [1.807, 2.05) is 0 Å². The fourth-order valence-corrected chi connectivity index (χ4v) is 0.912. The molecule has 0 aliphatic heterocycles.